The van der Waals surface area contributed by atoms with Crippen molar-refractivity contribution < 1.29 is 9.47 Å². The molecule has 6 nitrogen and oxygen atoms in total. The van der Waals surface area contributed by atoms with Crippen molar-refractivity contribution in [1.29, 1.82) is 0 Å². The molecule has 7 heteroatoms. The molecule has 118 valence electrons. The molecule has 0 saturated carbocycles. The summed E-state index contributed by atoms with van der Waals surface area (Å²) in [7, 11) is 0. The first kappa shape index (κ1) is 14.5. The summed E-state index contributed by atoms with van der Waals surface area (Å²) < 4.78 is 10.7. The number of ether oxygens (including phenoxy) is 2. The molecular formula is C17H11ClN4O2. The predicted molar refractivity (Wildman–Crippen MR) is 90.7 cm³/mol. The lowest BCUT2D eigenvalue weighted by Crippen LogP contribution is -2.03. The molecule has 0 saturated heterocycles. The van der Waals surface area contributed by atoms with Crippen molar-refractivity contribution in [3.63, 3.8) is 0 Å². The van der Waals surface area contributed by atoms with Crippen LogP contribution in [0.15, 0.2) is 36.4 Å². The standard InChI is InChI=1S/C17H11ClN4O2/c1-19-11-3-4-13-12(7-11)16(22-17(18)21-13)20-8-10-2-5-14-15(6-10)24-9-23-14/h2-7H,8-9H2,(H,20,21,22). The molecule has 0 fully saturated rings. The number of fused-ring (bicyclic) bond motifs is 2. The van der Waals surface area contributed by atoms with Crippen LogP contribution in [0.25, 0.3) is 15.7 Å². The number of aromatic nitrogens is 2. The van der Waals surface area contributed by atoms with E-state index in [0.29, 0.717) is 23.6 Å². The number of anilines is 1. The van der Waals surface area contributed by atoms with Crippen molar-refractivity contribution in [1.82, 2.24) is 9.97 Å². The first-order valence-electron chi connectivity index (χ1n) is 7.20. The summed E-state index contributed by atoms with van der Waals surface area (Å²) >= 11 is 6.00. The highest BCUT2D eigenvalue weighted by Crippen LogP contribution is 2.33. The maximum absolute atomic E-state index is 7.15. The van der Waals surface area contributed by atoms with Crippen LogP contribution in [-0.2, 0) is 6.54 Å². The lowest BCUT2D eigenvalue weighted by atomic mass is 10.2. The van der Waals surface area contributed by atoms with E-state index in [1.54, 1.807) is 18.2 Å². The Hall–Kier alpha value is -3.04. The van der Waals surface area contributed by atoms with E-state index in [0.717, 1.165) is 22.4 Å². The van der Waals surface area contributed by atoms with E-state index in [4.69, 9.17) is 27.6 Å². The van der Waals surface area contributed by atoms with Gasteiger partial charge in [-0.3, -0.25) is 0 Å². The minimum absolute atomic E-state index is 0.159. The highest BCUT2D eigenvalue weighted by Gasteiger charge is 2.13. The summed E-state index contributed by atoms with van der Waals surface area (Å²) in [4.78, 5) is 11.9. The largest absolute Gasteiger partial charge is 0.454 e. The van der Waals surface area contributed by atoms with Gasteiger partial charge >= 0.3 is 0 Å². The molecule has 0 amide bonds. The zero-order valence-electron chi connectivity index (χ0n) is 12.4. The van der Waals surface area contributed by atoms with E-state index in [9.17, 15) is 0 Å². The lowest BCUT2D eigenvalue weighted by Gasteiger charge is -2.10. The minimum Gasteiger partial charge on any atom is -0.454 e. The zero-order valence-corrected chi connectivity index (χ0v) is 13.2. The van der Waals surface area contributed by atoms with E-state index in [2.05, 4.69) is 20.1 Å². The lowest BCUT2D eigenvalue weighted by molar-refractivity contribution is 0.174. The van der Waals surface area contributed by atoms with Crippen LogP contribution in [0.5, 0.6) is 11.5 Å². The van der Waals surface area contributed by atoms with Crippen LogP contribution in [0.1, 0.15) is 5.56 Å². The number of hydrogen-bond donors (Lipinski definition) is 1. The second-order valence-corrected chi connectivity index (χ2v) is 5.53. The van der Waals surface area contributed by atoms with Gasteiger partial charge in [-0.25, -0.2) is 14.8 Å². The molecule has 0 aliphatic carbocycles. The summed E-state index contributed by atoms with van der Waals surface area (Å²) in [5.74, 6) is 2.07. The molecule has 1 aliphatic heterocycles. The van der Waals surface area contributed by atoms with Crippen LogP contribution in [0.3, 0.4) is 0 Å². The third-order valence-corrected chi connectivity index (χ3v) is 3.85. The van der Waals surface area contributed by atoms with Crippen molar-refractivity contribution in [2.24, 2.45) is 0 Å². The Morgan fingerprint density at radius 2 is 2.00 bits per heavy atom. The highest BCUT2D eigenvalue weighted by atomic mass is 35.5. The highest BCUT2D eigenvalue weighted by molar-refractivity contribution is 6.28. The van der Waals surface area contributed by atoms with Gasteiger partial charge in [0.1, 0.15) is 5.82 Å². The van der Waals surface area contributed by atoms with Crippen LogP contribution >= 0.6 is 11.6 Å². The minimum atomic E-state index is 0.159. The van der Waals surface area contributed by atoms with Gasteiger partial charge in [0.25, 0.3) is 0 Å². The summed E-state index contributed by atoms with van der Waals surface area (Å²) in [6, 6.07) is 11.0. The quantitative estimate of drug-likeness (QED) is 0.573. The van der Waals surface area contributed by atoms with E-state index in [1.807, 2.05) is 18.2 Å². The molecule has 0 unspecified atom stereocenters. The molecule has 2 heterocycles. The van der Waals surface area contributed by atoms with Crippen molar-refractivity contribution in [2.75, 3.05) is 12.1 Å². The first-order valence-corrected chi connectivity index (χ1v) is 7.58. The Balaban J connectivity index is 1.65. The number of nitrogens with one attached hydrogen (secondary N) is 1. The predicted octanol–water partition coefficient (Wildman–Crippen LogP) is 4.17. The Kier molecular flexibility index (Phi) is 3.56. The molecule has 1 aliphatic rings. The maximum Gasteiger partial charge on any atom is 0.231 e. The van der Waals surface area contributed by atoms with Crippen molar-refractivity contribution in [3.05, 3.63) is 58.7 Å². The molecule has 0 spiro atoms. The Morgan fingerprint density at radius 1 is 1.12 bits per heavy atom. The summed E-state index contributed by atoms with van der Waals surface area (Å²) in [5.41, 5.74) is 2.23. The molecule has 3 aromatic rings. The Bertz CT molecular complexity index is 984. The van der Waals surface area contributed by atoms with Gasteiger partial charge in [0.2, 0.25) is 12.1 Å². The Labute approximate surface area is 142 Å². The van der Waals surface area contributed by atoms with Crippen LogP contribution < -0.4 is 14.8 Å². The van der Waals surface area contributed by atoms with E-state index in [-0.39, 0.29) is 12.1 Å². The van der Waals surface area contributed by atoms with Gasteiger partial charge in [-0.1, -0.05) is 12.1 Å². The van der Waals surface area contributed by atoms with Gasteiger partial charge in [-0.2, -0.15) is 0 Å². The summed E-state index contributed by atoms with van der Waals surface area (Å²) in [5, 5.41) is 4.17. The average molecular weight is 339 g/mol. The van der Waals surface area contributed by atoms with Gasteiger partial charge in [0, 0.05) is 11.9 Å². The number of hydrogen-bond acceptors (Lipinski definition) is 5. The van der Waals surface area contributed by atoms with Gasteiger partial charge in [0.15, 0.2) is 17.2 Å². The van der Waals surface area contributed by atoms with Crippen molar-refractivity contribution in [2.45, 2.75) is 6.54 Å². The van der Waals surface area contributed by atoms with Gasteiger partial charge in [-0.15, -0.1) is 0 Å². The third-order valence-electron chi connectivity index (χ3n) is 3.68. The van der Waals surface area contributed by atoms with Crippen LogP contribution in [-0.4, -0.2) is 16.8 Å². The van der Waals surface area contributed by atoms with Gasteiger partial charge in [0.05, 0.1) is 12.1 Å². The smallest absolute Gasteiger partial charge is 0.231 e. The van der Waals surface area contributed by atoms with Crippen molar-refractivity contribution in [3.8, 4) is 11.5 Å². The topological polar surface area (TPSA) is 60.6 Å². The van der Waals surface area contributed by atoms with Gasteiger partial charge < -0.3 is 14.8 Å². The van der Waals surface area contributed by atoms with Crippen LogP contribution in [0.2, 0.25) is 5.28 Å². The molecule has 24 heavy (non-hydrogen) atoms. The van der Waals surface area contributed by atoms with Crippen molar-refractivity contribution >= 4 is 34.0 Å². The molecule has 4 rings (SSSR count). The summed E-state index contributed by atoms with van der Waals surface area (Å²) in [6.07, 6.45) is 0. The maximum atomic E-state index is 7.15. The molecular weight excluding hydrogens is 328 g/mol. The number of halogens is 1. The fraction of sp³-hybridized carbons (Fsp3) is 0.118. The van der Waals surface area contributed by atoms with Crippen LogP contribution in [0.4, 0.5) is 11.5 Å². The monoisotopic (exact) mass is 338 g/mol. The van der Waals surface area contributed by atoms with Crippen LogP contribution in [0, 0.1) is 6.57 Å². The first-order chi connectivity index (χ1) is 11.7. The second kappa shape index (κ2) is 5.87. The Morgan fingerprint density at radius 3 is 2.88 bits per heavy atom. The normalized spacial score (nSPS) is 12.2. The average Bonchev–Trinajstić information content (AvgIpc) is 3.07. The number of benzene rings is 2. The molecule has 1 aromatic heterocycles. The SMILES string of the molecule is [C-]#[N+]c1ccc2nc(Cl)nc(NCc3ccc4c(c3)OCO4)c2c1. The zero-order chi connectivity index (χ0) is 16.5. The molecule has 0 bridgehead atoms. The number of rotatable bonds is 3. The second-order valence-electron chi connectivity index (χ2n) is 5.20. The van der Waals surface area contributed by atoms with E-state index in [1.165, 1.54) is 0 Å². The number of nitrogens with zero attached hydrogens (tertiary/aromatic N) is 3. The fourth-order valence-electron chi connectivity index (χ4n) is 2.53. The fourth-order valence-corrected chi connectivity index (χ4v) is 2.70. The third kappa shape index (κ3) is 2.66. The molecule has 1 N–H and O–H groups in total. The molecule has 0 atom stereocenters. The van der Waals surface area contributed by atoms with Gasteiger partial charge in [-0.05, 0) is 41.4 Å². The molecule has 0 radical (unpaired) electrons. The molecule has 2 aromatic carbocycles. The summed E-state index contributed by atoms with van der Waals surface area (Å²) in [6.45, 7) is 7.93. The van der Waals surface area contributed by atoms with E-state index >= 15 is 0 Å². The van der Waals surface area contributed by atoms with E-state index < -0.39 is 0 Å².